The molecule has 2 aromatic carbocycles. The molecule has 0 amide bonds. The Morgan fingerprint density at radius 2 is 1.41 bits per heavy atom. The van der Waals surface area contributed by atoms with Crippen molar-refractivity contribution in [2.24, 2.45) is 0 Å². The molecular formula is C25H32N2. The quantitative estimate of drug-likeness (QED) is 0.486. The molecule has 1 heterocycles. The molecule has 3 rings (SSSR count). The zero-order valence-electron chi connectivity index (χ0n) is 17.7. The van der Waals surface area contributed by atoms with Crippen molar-refractivity contribution in [2.75, 3.05) is 0 Å². The fourth-order valence-electron chi connectivity index (χ4n) is 3.81. The molecular weight excluding hydrogens is 328 g/mol. The van der Waals surface area contributed by atoms with Gasteiger partial charge in [-0.3, -0.25) is 4.57 Å². The SMILES string of the molecule is CC(C)c1cccc(C(C)C)c1-n1ccnc1-c1ccccc1C(C)(C)C. The number of hydrogen-bond donors (Lipinski definition) is 0. The molecule has 0 aliphatic heterocycles. The van der Waals surface area contributed by atoms with Crippen LogP contribution in [0.3, 0.4) is 0 Å². The number of nitrogens with zero attached hydrogens (tertiary/aromatic N) is 2. The van der Waals surface area contributed by atoms with Crippen LogP contribution in [-0.2, 0) is 5.41 Å². The Balaban J connectivity index is 2.31. The van der Waals surface area contributed by atoms with E-state index in [9.17, 15) is 0 Å². The van der Waals surface area contributed by atoms with Gasteiger partial charge in [-0.15, -0.1) is 0 Å². The van der Waals surface area contributed by atoms with Gasteiger partial charge in [0, 0.05) is 18.0 Å². The molecule has 0 bridgehead atoms. The van der Waals surface area contributed by atoms with E-state index in [1.54, 1.807) is 0 Å². The zero-order chi connectivity index (χ0) is 19.8. The van der Waals surface area contributed by atoms with E-state index >= 15 is 0 Å². The third-order valence-electron chi connectivity index (χ3n) is 5.20. The summed E-state index contributed by atoms with van der Waals surface area (Å²) in [6.45, 7) is 15.9. The normalized spacial score (nSPS) is 12.2. The summed E-state index contributed by atoms with van der Waals surface area (Å²) in [6, 6.07) is 15.4. The minimum absolute atomic E-state index is 0.0613. The van der Waals surface area contributed by atoms with Gasteiger partial charge in [0.2, 0.25) is 0 Å². The van der Waals surface area contributed by atoms with Gasteiger partial charge in [0.15, 0.2) is 0 Å². The molecule has 0 fully saturated rings. The minimum atomic E-state index is 0.0613. The van der Waals surface area contributed by atoms with E-state index in [2.05, 4.69) is 102 Å². The maximum absolute atomic E-state index is 4.80. The third-order valence-corrected chi connectivity index (χ3v) is 5.20. The number of aromatic nitrogens is 2. The average molecular weight is 361 g/mol. The van der Waals surface area contributed by atoms with E-state index in [0.717, 1.165) is 5.82 Å². The van der Waals surface area contributed by atoms with Gasteiger partial charge >= 0.3 is 0 Å². The van der Waals surface area contributed by atoms with E-state index < -0.39 is 0 Å². The van der Waals surface area contributed by atoms with Crippen molar-refractivity contribution in [1.29, 1.82) is 0 Å². The Kier molecular flexibility index (Phi) is 5.28. The first-order chi connectivity index (χ1) is 12.7. The molecule has 0 N–H and O–H groups in total. The summed E-state index contributed by atoms with van der Waals surface area (Å²) in [5.74, 6) is 1.93. The molecule has 0 saturated carbocycles. The molecule has 3 aromatic rings. The summed E-state index contributed by atoms with van der Waals surface area (Å²) in [5, 5.41) is 0. The van der Waals surface area contributed by atoms with Gasteiger partial charge in [-0.1, -0.05) is 90.9 Å². The molecule has 0 radical (unpaired) electrons. The lowest BCUT2D eigenvalue weighted by Crippen LogP contribution is -2.14. The second kappa shape index (κ2) is 7.34. The van der Waals surface area contributed by atoms with Crippen LogP contribution in [0.5, 0.6) is 0 Å². The molecule has 1 aromatic heterocycles. The molecule has 0 unspecified atom stereocenters. The Hall–Kier alpha value is -2.35. The van der Waals surface area contributed by atoms with Crippen molar-refractivity contribution < 1.29 is 0 Å². The molecule has 0 atom stereocenters. The van der Waals surface area contributed by atoms with Gasteiger partial charge in [0.05, 0.1) is 5.69 Å². The standard InChI is InChI=1S/C25H32N2/c1-17(2)19-12-10-13-20(18(3)4)23(19)27-16-15-26-24(27)21-11-8-9-14-22(21)25(5,6)7/h8-18H,1-7H3. The number of imidazole rings is 1. The van der Waals surface area contributed by atoms with Gasteiger partial charge in [-0.2, -0.15) is 0 Å². The van der Waals surface area contributed by atoms with Crippen LogP contribution < -0.4 is 0 Å². The van der Waals surface area contributed by atoms with E-state index in [0.29, 0.717) is 11.8 Å². The maximum Gasteiger partial charge on any atom is 0.144 e. The molecule has 142 valence electrons. The first kappa shape index (κ1) is 19.4. The lowest BCUT2D eigenvalue weighted by molar-refractivity contribution is 0.591. The predicted molar refractivity (Wildman–Crippen MR) is 116 cm³/mol. The smallest absolute Gasteiger partial charge is 0.144 e. The third kappa shape index (κ3) is 3.71. The summed E-state index contributed by atoms with van der Waals surface area (Å²) < 4.78 is 2.30. The van der Waals surface area contributed by atoms with Crippen LogP contribution in [0.2, 0.25) is 0 Å². The highest BCUT2D eigenvalue weighted by molar-refractivity contribution is 5.66. The fraction of sp³-hybridized carbons (Fsp3) is 0.400. The van der Waals surface area contributed by atoms with Crippen LogP contribution >= 0.6 is 0 Å². The fourth-order valence-corrected chi connectivity index (χ4v) is 3.81. The highest BCUT2D eigenvalue weighted by Crippen LogP contribution is 2.37. The van der Waals surface area contributed by atoms with Crippen LogP contribution in [-0.4, -0.2) is 9.55 Å². The van der Waals surface area contributed by atoms with Gasteiger partial charge in [-0.05, 0) is 33.9 Å². The monoisotopic (exact) mass is 360 g/mol. The zero-order valence-corrected chi connectivity index (χ0v) is 17.7. The van der Waals surface area contributed by atoms with Crippen LogP contribution in [0.25, 0.3) is 17.1 Å². The molecule has 0 spiro atoms. The largest absolute Gasteiger partial charge is 0.299 e. The first-order valence-corrected chi connectivity index (χ1v) is 9.98. The molecule has 0 aliphatic carbocycles. The molecule has 0 saturated heterocycles. The van der Waals surface area contributed by atoms with Crippen molar-refractivity contribution in [1.82, 2.24) is 9.55 Å². The second-order valence-corrected chi connectivity index (χ2v) is 9.01. The maximum atomic E-state index is 4.80. The molecule has 0 aliphatic rings. The predicted octanol–water partition coefficient (Wildman–Crippen LogP) is 7.08. The van der Waals surface area contributed by atoms with Crippen molar-refractivity contribution in [2.45, 2.75) is 65.7 Å². The second-order valence-electron chi connectivity index (χ2n) is 9.01. The number of rotatable bonds is 4. The van der Waals surface area contributed by atoms with E-state index in [-0.39, 0.29) is 5.41 Å². The molecule has 27 heavy (non-hydrogen) atoms. The summed E-state index contributed by atoms with van der Waals surface area (Å²) in [4.78, 5) is 4.80. The van der Waals surface area contributed by atoms with E-state index in [1.165, 1.54) is 27.9 Å². The van der Waals surface area contributed by atoms with E-state index in [1.807, 2.05) is 6.20 Å². The van der Waals surface area contributed by atoms with Crippen LogP contribution in [0.1, 0.15) is 77.0 Å². The van der Waals surface area contributed by atoms with Gasteiger partial charge < -0.3 is 0 Å². The van der Waals surface area contributed by atoms with Crippen molar-refractivity contribution in [3.8, 4) is 17.1 Å². The Morgan fingerprint density at radius 3 is 1.96 bits per heavy atom. The number of para-hydroxylation sites is 1. The Bertz CT molecular complexity index is 897. The number of hydrogen-bond acceptors (Lipinski definition) is 1. The van der Waals surface area contributed by atoms with Crippen LogP contribution in [0.4, 0.5) is 0 Å². The highest BCUT2D eigenvalue weighted by Gasteiger charge is 2.23. The first-order valence-electron chi connectivity index (χ1n) is 9.98. The minimum Gasteiger partial charge on any atom is -0.299 e. The van der Waals surface area contributed by atoms with Gasteiger partial charge in [0.1, 0.15) is 5.82 Å². The van der Waals surface area contributed by atoms with Crippen LogP contribution in [0.15, 0.2) is 54.9 Å². The average Bonchev–Trinajstić information content (AvgIpc) is 3.09. The van der Waals surface area contributed by atoms with Gasteiger partial charge in [-0.25, -0.2) is 4.98 Å². The van der Waals surface area contributed by atoms with Crippen molar-refractivity contribution in [3.05, 3.63) is 71.5 Å². The molecule has 2 nitrogen and oxygen atoms in total. The number of benzene rings is 2. The lowest BCUT2D eigenvalue weighted by Gasteiger charge is -2.25. The summed E-state index contributed by atoms with van der Waals surface area (Å²) in [7, 11) is 0. The molecule has 2 heteroatoms. The Labute approximate surface area is 164 Å². The lowest BCUT2D eigenvalue weighted by atomic mass is 9.83. The van der Waals surface area contributed by atoms with Crippen LogP contribution in [0, 0.1) is 0 Å². The topological polar surface area (TPSA) is 17.8 Å². The summed E-state index contributed by atoms with van der Waals surface area (Å²) in [6.07, 6.45) is 4.04. The summed E-state index contributed by atoms with van der Waals surface area (Å²) >= 11 is 0. The Morgan fingerprint density at radius 1 is 0.815 bits per heavy atom. The van der Waals surface area contributed by atoms with E-state index in [4.69, 9.17) is 4.98 Å². The van der Waals surface area contributed by atoms with Crippen molar-refractivity contribution >= 4 is 0 Å². The highest BCUT2D eigenvalue weighted by atomic mass is 15.1. The van der Waals surface area contributed by atoms with Gasteiger partial charge in [0.25, 0.3) is 0 Å². The van der Waals surface area contributed by atoms with Crippen molar-refractivity contribution in [3.63, 3.8) is 0 Å². The summed E-state index contributed by atoms with van der Waals surface area (Å²) in [5.41, 5.74) is 6.63.